The molecule has 0 bridgehead atoms. The second-order valence-electron chi connectivity index (χ2n) is 4.72. The summed E-state index contributed by atoms with van der Waals surface area (Å²) in [5.41, 5.74) is -0.0958. The largest absolute Gasteiger partial charge is 0.469 e. The van der Waals surface area contributed by atoms with Crippen LogP contribution < -0.4 is 5.32 Å². The molecule has 1 heterocycles. The first kappa shape index (κ1) is 15.6. The van der Waals surface area contributed by atoms with E-state index in [1.165, 1.54) is 12.3 Å². The van der Waals surface area contributed by atoms with Gasteiger partial charge in [0.1, 0.15) is 11.6 Å². The van der Waals surface area contributed by atoms with Crippen molar-refractivity contribution in [3.05, 3.63) is 58.8 Å². The molecular weight excluding hydrogens is 286 g/mol. The van der Waals surface area contributed by atoms with Crippen LogP contribution in [0.3, 0.4) is 0 Å². The number of benzene rings is 1. The summed E-state index contributed by atoms with van der Waals surface area (Å²) in [5, 5.41) is 3.11. The molecule has 1 unspecified atom stereocenters. The maximum absolute atomic E-state index is 13.7. The molecular formula is C15H15F4NO. The number of hydrogen-bond acceptors (Lipinski definition) is 2. The van der Waals surface area contributed by atoms with E-state index >= 15 is 0 Å². The third-order valence-electron chi connectivity index (χ3n) is 3.12. The van der Waals surface area contributed by atoms with Crippen LogP contribution in [0.4, 0.5) is 17.6 Å². The van der Waals surface area contributed by atoms with Crippen molar-refractivity contribution in [3.8, 4) is 0 Å². The molecule has 1 atom stereocenters. The molecule has 2 nitrogen and oxygen atoms in total. The first-order valence-electron chi connectivity index (χ1n) is 6.48. The topological polar surface area (TPSA) is 25.2 Å². The number of furan rings is 1. The number of alkyl halides is 3. The highest BCUT2D eigenvalue weighted by molar-refractivity contribution is 5.34. The summed E-state index contributed by atoms with van der Waals surface area (Å²) in [5.74, 6) is -0.594. The van der Waals surface area contributed by atoms with Crippen molar-refractivity contribution in [2.24, 2.45) is 0 Å². The van der Waals surface area contributed by atoms with Gasteiger partial charge in [0.05, 0.1) is 17.9 Å². The first-order chi connectivity index (χ1) is 9.82. The molecule has 0 radical (unpaired) electrons. The average molecular weight is 301 g/mol. The van der Waals surface area contributed by atoms with Gasteiger partial charge in [0, 0.05) is 5.56 Å². The van der Waals surface area contributed by atoms with Crippen LogP contribution in [0.25, 0.3) is 0 Å². The molecule has 0 fully saturated rings. The van der Waals surface area contributed by atoms with Gasteiger partial charge in [0.25, 0.3) is 0 Å². The van der Waals surface area contributed by atoms with Gasteiger partial charge in [0.2, 0.25) is 0 Å². The fraction of sp³-hybridized carbons (Fsp3) is 0.333. The van der Waals surface area contributed by atoms with Crippen LogP contribution in [0.1, 0.15) is 35.4 Å². The Morgan fingerprint density at radius 2 is 1.90 bits per heavy atom. The molecule has 0 saturated carbocycles. The molecule has 0 aliphatic heterocycles. The Bertz CT molecular complexity index is 618. The zero-order valence-electron chi connectivity index (χ0n) is 11.6. The lowest BCUT2D eigenvalue weighted by atomic mass is 9.99. The van der Waals surface area contributed by atoms with E-state index in [1.54, 1.807) is 13.0 Å². The van der Waals surface area contributed by atoms with Gasteiger partial charge in [-0.25, -0.2) is 4.39 Å². The lowest BCUT2D eigenvalue weighted by molar-refractivity contribution is -0.140. The molecule has 0 aliphatic rings. The Morgan fingerprint density at radius 1 is 1.19 bits per heavy atom. The Morgan fingerprint density at radius 3 is 2.38 bits per heavy atom. The highest BCUT2D eigenvalue weighted by Crippen LogP contribution is 2.33. The van der Waals surface area contributed by atoms with E-state index in [1.807, 2.05) is 6.92 Å². The molecule has 21 heavy (non-hydrogen) atoms. The summed E-state index contributed by atoms with van der Waals surface area (Å²) in [6.45, 7) is 4.21. The summed E-state index contributed by atoms with van der Waals surface area (Å²) in [7, 11) is 0. The van der Waals surface area contributed by atoms with Crippen LogP contribution in [0, 0.1) is 12.7 Å². The first-order valence-corrected chi connectivity index (χ1v) is 6.48. The molecule has 114 valence electrons. The fourth-order valence-corrected chi connectivity index (χ4v) is 2.19. The van der Waals surface area contributed by atoms with Gasteiger partial charge >= 0.3 is 6.18 Å². The molecule has 2 aromatic rings. The molecule has 2 rings (SSSR count). The second kappa shape index (κ2) is 5.89. The second-order valence-corrected chi connectivity index (χ2v) is 4.72. The van der Waals surface area contributed by atoms with E-state index < -0.39 is 23.6 Å². The third kappa shape index (κ3) is 3.44. The molecule has 1 N–H and O–H groups in total. The summed E-state index contributed by atoms with van der Waals surface area (Å²) >= 11 is 0. The Kier molecular flexibility index (Phi) is 4.37. The van der Waals surface area contributed by atoms with E-state index in [-0.39, 0.29) is 0 Å². The maximum Gasteiger partial charge on any atom is 0.419 e. The zero-order chi connectivity index (χ0) is 15.6. The van der Waals surface area contributed by atoms with Gasteiger partial charge in [-0.2, -0.15) is 13.2 Å². The predicted molar refractivity (Wildman–Crippen MR) is 70.4 cm³/mol. The van der Waals surface area contributed by atoms with Crippen LogP contribution >= 0.6 is 0 Å². The molecule has 1 aromatic heterocycles. The molecule has 0 saturated heterocycles. The molecule has 0 aliphatic carbocycles. The monoisotopic (exact) mass is 301 g/mol. The van der Waals surface area contributed by atoms with Crippen LogP contribution in [-0.4, -0.2) is 6.54 Å². The van der Waals surface area contributed by atoms with Crippen molar-refractivity contribution < 1.29 is 22.0 Å². The zero-order valence-corrected chi connectivity index (χ0v) is 11.6. The summed E-state index contributed by atoms with van der Waals surface area (Å²) < 4.78 is 56.7. The SMILES string of the molecule is CCNC(c1coc(C)c1)c1ccc(C(F)(F)F)c(F)c1. The summed E-state index contributed by atoms with van der Waals surface area (Å²) in [4.78, 5) is 0. The smallest absolute Gasteiger partial charge is 0.419 e. The minimum atomic E-state index is -4.69. The van der Waals surface area contributed by atoms with E-state index in [0.29, 0.717) is 17.9 Å². The number of aryl methyl sites for hydroxylation is 1. The number of nitrogens with one attached hydrogen (secondary N) is 1. The minimum Gasteiger partial charge on any atom is -0.469 e. The molecule has 6 heteroatoms. The van der Waals surface area contributed by atoms with E-state index in [4.69, 9.17) is 4.42 Å². The van der Waals surface area contributed by atoms with E-state index in [9.17, 15) is 17.6 Å². The Balaban J connectivity index is 2.40. The van der Waals surface area contributed by atoms with Gasteiger partial charge in [-0.15, -0.1) is 0 Å². The van der Waals surface area contributed by atoms with Crippen molar-refractivity contribution in [3.63, 3.8) is 0 Å². The number of hydrogen-bond donors (Lipinski definition) is 1. The lowest BCUT2D eigenvalue weighted by Crippen LogP contribution is -2.22. The van der Waals surface area contributed by atoms with Crippen LogP contribution in [0.2, 0.25) is 0 Å². The third-order valence-corrected chi connectivity index (χ3v) is 3.12. The van der Waals surface area contributed by atoms with Gasteiger partial charge in [-0.3, -0.25) is 0 Å². The normalized spacial score (nSPS) is 13.4. The van der Waals surface area contributed by atoms with Crippen LogP contribution in [-0.2, 0) is 6.18 Å². The molecule has 0 spiro atoms. The average Bonchev–Trinajstić information content (AvgIpc) is 2.80. The van der Waals surface area contributed by atoms with Gasteiger partial charge in [-0.1, -0.05) is 13.0 Å². The number of halogens is 4. The quantitative estimate of drug-likeness (QED) is 0.844. The maximum atomic E-state index is 13.7. The minimum absolute atomic E-state index is 0.413. The van der Waals surface area contributed by atoms with E-state index in [0.717, 1.165) is 17.7 Å². The lowest BCUT2D eigenvalue weighted by Gasteiger charge is -2.18. The Labute approximate surface area is 119 Å². The standard InChI is InChI=1S/C15H15F4NO/c1-3-20-14(11-6-9(2)21-8-11)10-4-5-12(13(16)7-10)15(17,18)19/h4-8,14,20H,3H2,1-2H3. The predicted octanol–water partition coefficient (Wildman–Crippen LogP) is 4.44. The summed E-state index contributed by atoms with van der Waals surface area (Å²) in [6, 6.07) is 4.31. The van der Waals surface area contributed by atoms with Crippen molar-refractivity contribution in [1.29, 1.82) is 0 Å². The van der Waals surface area contributed by atoms with Gasteiger partial charge < -0.3 is 9.73 Å². The Hall–Kier alpha value is -1.82. The highest BCUT2D eigenvalue weighted by atomic mass is 19.4. The van der Waals surface area contributed by atoms with Crippen LogP contribution in [0.15, 0.2) is 34.9 Å². The number of rotatable bonds is 4. The van der Waals surface area contributed by atoms with Crippen molar-refractivity contribution in [2.75, 3.05) is 6.54 Å². The highest BCUT2D eigenvalue weighted by Gasteiger charge is 2.34. The van der Waals surface area contributed by atoms with Crippen molar-refractivity contribution in [1.82, 2.24) is 5.32 Å². The fourth-order valence-electron chi connectivity index (χ4n) is 2.19. The van der Waals surface area contributed by atoms with Crippen LogP contribution in [0.5, 0.6) is 0 Å². The summed E-state index contributed by atoms with van der Waals surface area (Å²) in [6.07, 6.45) is -3.18. The van der Waals surface area contributed by atoms with E-state index in [2.05, 4.69) is 5.32 Å². The van der Waals surface area contributed by atoms with Crippen molar-refractivity contribution in [2.45, 2.75) is 26.1 Å². The van der Waals surface area contributed by atoms with Gasteiger partial charge in [0.15, 0.2) is 0 Å². The van der Waals surface area contributed by atoms with Gasteiger partial charge in [-0.05, 0) is 37.2 Å². The van der Waals surface area contributed by atoms with Crippen molar-refractivity contribution >= 4 is 0 Å². The molecule has 0 amide bonds. The molecule has 1 aromatic carbocycles.